The number of fused-ring (bicyclic) bond motifs is 1. The van der Waals surface area contributed by atoms with E-state index in [2.05, 4.69) is 10.3 Å². The first kappa shape index (κ1) is 18.4. The Morgan fingerprint density at radius 1 is 1.10 bits per heavy atom. The molecule has 0 fully saturated rings. The molecular formula is C21H14F2N2O4. The Balaban J connectivity index is 1.83. The highest BCUT2D eigenvalue weighted by Crippen LogP contribution is 2.21. The highest BCUT2D eigenvalue weighted by atomic mass is 19.1. The van der Waals surface area contributed by atoms with E-state index in [1.165, 1.54) is 24.5 Å². The van der Waals surface area contributed by atoms with Gasteiger partial charge in [-0.1, -0.05) is 0 Å². The van der Waals surface area contributed by atoms with Crippen LogP contribution in [0.15, 0.2) is 74.7 Å². The van der Waals surface area contributed by atoms with Gasteiger partial charge in [0, 0.05) is 17.5 Å². The molecule has 0 saturated carbocycles. The van der Waals surface area contributed by atoms with Crippen molar-refractivity contribution in [1.29, 1.82) is 0 Å². The molecule has 2 N–H and O–H groups in total. The lowest BCUT2D eigenvalue weighted by Gasteiger charge is -2.06. The average Bonchev–Trinajstić information content (AvgIpc) is 3.22. The molecule has 2 aromatic heterocycles. The number of hydrogen-bond donors (Lipinski definition) is 2. The number of aromatic hydroxyl groups is 1. The lowest BCUT2D eigenvalue weighted by Crippen LogP contribution is -2.28. The summed E-state index contributed by atoms with van der Waals surface area (Å²) in [6.07, 6.45) is 1.48. The van der Waals surface area contributed by atoms with E-state index in [9.17, 15) is 18.7 Å². The average molecular weight is 396 g/mol. The summed E-state index contributed by atoms with van der Waals surface area (Å²) in [4.78, 5) is 16.7. The van der Waals surface area contributed by atoms with E-state index < -0.39 is 17.5 Å². The van der Waals surface area contributed by atoms with Gasteiger partial charge in [-0.25, -0.2) is 13.8 Å². The first-order chi connectivity index (χ1) is 14.0. The van der Waals surface area contributed by atoms with Gasteiger partial charge in [-0.05, 0) is 42.5 Å². The number of nitrogens with zero attached hydrogens (tertiary/aromatic N) is 1. The summed E-state index contributed by atoms with van der Waals surface area (Å²) in [6, 6.07) is 12.0. The van der Waals surface area contributed by atoms with Gasteiger partial charge in [-0.3, -0.25) is 4.79 Å². The summed E-state index contributed by atoms with van der Waals surface area (Å²) in [5.41, 5.74) is -0.320. The van der Waals surface area contributed by atoms with Crippen LogP contribution in [0.5, 0.6) is 5.75 Å². The Bertz CT molecular complexity index is 1260. The van der Waals surface area contributed by atoms with Crippen molar-refractivity contribution in [3.05, 3.63) is 89.4 Å². The standard InChI is InChI=1S/C21H14F2N2O4/c22-13-4-6-17(23)18(9-13)25-21-16(20(27)24-11-15-2-1-7-28-15)8-12-3-5-14(26)10-19(12)29-21/h1-10,26H,11H2,(H,24,27). The number of nitrogens with one attached hydrogen (secondary N) is 1. The van der Waals surface area contributed by atoms with Crippen LogP contribution in [0.25, 0.3) is 11.0 Å². The molecule has 4 rings (SSSR count). The largest absolute Gasteiger partial charge is 0.508 e. The summed E-state index contributed by atoms with van der Waals surface area (Å²) >= 11 is 0. The number of carbonyl (C=O) groups is 1. The second-order valence-electron chi connectivity index (χ2n) is 6.16. The van der Waals surface area contributed by atoms with Crippen molar-refractivity contribution in [3.8, 4) is 5.75 Å². The minimum atomic E-state index is -0.778. The molecular weight excluding hydrogens is 382 g/mol. The zero-order valence-corrected chi connectivity index (χ0v) is 14.9. The molecule has 2 aromatic carbocycles. The third-order valence-corrected chi connectivity index (χ3v) is 4.11. The number of furan rings is 1. The number of hydrogen-bond acceptors (Lipinski definition) is 5. The van der Waals surface area contributed by atoms with Crippen LogP contribution in [0.2, 0.25) is 0 Å². The molecule has 0 radical (unpaired) electrons. The second-order valence-corrected chi connectivity index (χ2v) is 6.16. The zero-order chi connectivity index (χ0) is 20.4. The monoisotopic (exact) mass is 396 g/mol. The van der Waals surface area contributed by atoms with Crippen molar-refractivity contribution in [2.45, 2.75) is 6.54 Å². The van der Waals surface area contributed by atoms with Crippen LogP contribution < -0.4 is 10.9 Å². The van der Waals surface area contributed by atoms with Gasteiger partial charge in [0.25, 0.3) is 5.91 Å². The minimum absolute atomic E-state index is 0.0124. The number of carbonyl (C=O) groups excluding carboxylic acids is 1. The Morgan fingerprint density at radius 3 is 2.76 bits per heavy atom. The lowest BCUT2D eigenvalue weighted by molar-refractivity contribution is 0.0944. The van der Waals surface area contributed by atoms with Crippen molar-refractivity contribution >= 4 is 22.6 Å². The predicted molar refractivity (Wildman–Crippen MR) is 99.3 cm³/mol. The molecule has 1 amide bonds. The van der Waals surface area contributed by atoms with Crippen LogP contribution in [-0.2, 0) is 6.54 Å². The quantitative estimate of drug-likeness (QED) is 0.542. The van der Waals surface area contributed by atoms with Crippen LogP contribution in [0.3, 0.4) is 0 Å². The second kappa shape index (κ2) is 7.59. The fourth-order valence-electron chi connectivity index (χ4n) is 2.71. The summed E-state index contributed by atoms with van der Waals surface area (Å²) < 4.78 is 38.4. The van der Waals surface area contributed by atoms with Crippen molar-refractivity contribution < 1.29 is 27.5 Å². The molecule has 146 valence electrons. The van der Waals surface area contributed by atoms with Gasteiger partial charge in [0.2, 0.25) is 5.55 Å². The lowest BCUT2D eigenvalue weighted by atomic mass is 10.1. The van der Waals surface area contributed by atoms with Crippen molar-refractivity contribution in [1.82, 2.24) is 5.32 Å². The SMILES string of the molecule is O=C(NCc1ccco1)c1cc2ccc(O)cc2oc1=Nc1cc(F)ccc1F. The molecule has 8 heteroatoms. The van der Waals surface area contributed by atoms with Crippen molar-refractivity contribution in [2.75, 3.05) is 0 Å². The molecule has 0 saturated heterocycles. The van der Waals surface area contributed by atoms with Gasteiger partial charge in [0.05, 0.1) is 12.8 Å². The topological polar surface area (TPSA) is 88.0 Å². The third-order valence-electron chi connectivity index (χ3n) is 4.11. The Morgan fingerprint density at radius 2 is 1.97 bits per heavy atom. The molecule has 0 aliphatic rings. The first-order valence-corrected chi connectivity index (χ1v) is 8.57. The van der Waals surface area contributed by atoms with Crippen LogP contribution >= 0.6 is 0 Å². The third kappa shape index (κ3) is 4.01. The van der Waals surface area contributed by atoms with Gasteiger partial charge in [-0.15, -0.1) is 0 Å². The molecule has 6 nitrogen and oxygen atoms in total. The summed E-state index contributed by atoms with van der Waals surface area (Å²) in [5.74, 6) is -1.53. The van der Waals surface area contributed by atoms with Gasteiger partial charge < -0.3 is 19.3 Å². The molecule has 2 heterocycles. The van der Waals surface area contributed by atoms with E-state index in [1.54, 1.807) is 18.2 Å². The van der Waals surface area contributed by atoms with Crippen LogP contribution in [0.4, 0.5) is 14.5 Å². The maximum atomic E-state index is 14.0. The minimum Gasteiger partial charge on any atom is -0.508 e. The molecule has 0 unspecified atom stereocenters. The smallest absolute Gasteiger partial charge is 0.257 e. The normalized spacial score (nSPS) is 11.7. The Labute approximate surface area is 162 Å². The molecule has 4 aromatic rings. The molecule has 29 heavy (non-hydrogen) atoms. The molecule has 0 atom stereocenters. The first-order valence-electron chi connectivity index (χ1n) is 8.57. The summed E-state index contributed by atoms with van der Waals surface area (Å²) in [5, 5.41) is 12.8. The fraction of sp³-hybridized carbons (Fsp3) is 0.0476. The number of phenols is 1. The summed E-state index contributed by atoms with van der Waals surface area (Å²) in [7, 11) is 0. The Kier molecular flexibility index (Phi) is 4.82. The molecule has 0 aliphatic carbocycles. The van der Waals surface area contributed by atoms with Gasteiger partial charge in [-0.2, -0.15) is 0 Å². The zero-order valence-electron chi connectivity index (χ0n) is 14.9. The fourth-order valence-corrected chi connectivity index (χ4v) is 2.71. The maximum absolute atomic E-state index is 14.0. The highest BCUT2D eigenvalue weighted by Gasteiger charge is 2.14. The maximum Gasteiger partial charge on any atom is 0.257 e. The number of amides is 1. The van der Waals surface area contributed by atoms with Crippen LogP contribution in [-0.4, -0.2) is 11.0 Å². The van der Waals surface area contributed by atoms with Crippen LogP contribution in [0, 0.1) is 11.6 Å². The van der Waals surface area contributed by atoms with E-state index >= 15 is 0 Å². The number of halogens is 2. The van der Waals surface area contributed by atoms with E-state index in [-0.39, 0.29) is 34.7 Å². The number of benzene rings is 2. The molecule has 0 bridgehead atoms. The van der Waals surface area contributed by atoms with E-state index in [1.807, 2.05) is 0 Å². The summed E-state index contributed by atoms with van der Waals surface area (Å²) in [6.45, 7) is 0.118. The van der Waals surface area contributed by atoms with Crippen molar-refractivity contribution in [3.63, 3.8) is 0 Å². The number of phenolic OH excluding ortho intramolecular Hbond substituents is 1. The molecule has 0 aliphatic heterocycles. The Hall–Kier alpha value is -3.94. The van der Waals surface area contributed by atoms with Crippen LogP contribution in [0.1, 0.15) is 16.1 Å². The molecule has 0 spiro atoms. The van der Waals surface area contributed by atoms with E-state index in [4.69, 9.17) is 8.83 Å². The van der Waals surface area contributed by atoms with Crippen molar-refractivity contribution in [2.24, 2.45) is 4.99 Å². The number of rotatable bonds is 4. The van der Waals surface area contributed by atoms with E-state index in [0.29, 0.717) is 11.1 Å². The van der Waals surface area contributed by atoms with E-state index in [0.717, 1.165) is 18.2 Å². The van der Waals surface area contributed by atoms with Gasteiger partial charge >= 0.3 is 0 Å². The highest BCUT2D eigenvalue weighted by molar-refractivity contribution is 5.96. The van der Waals surface area contributed by atoms with Gasteiger partial charge in [0.15, 0.2) is 0 Å². The predicted octanol–water partition coefficient (Wildman–Crippen LogP) is 4.17. The van der Waals surface area contributed by atoms with Gasteiger partial charge in [0.1, 0.15) is 40.0 Å².